The van der Waals surface area contributed by atoms with Crippen LogP contribution >= 0.6 is 0 Å². The molecule has 13 heteroatoms. The van der Waals surface area contributed by atoms with Crippen LogP contribution in [0.4, 0.5) is 0 Å². The Morgan fingerprint density at radius 3 is 1.08 bits per heavy atom. The normalized spacial score (nSPS) is 10.3. The third-order valence-corrected chi connectivity index (χ3v) is 0.750. The Hall–Kier alpha value is 2.86. The zero-order chi connectivity index (χ0) is 8.41. The molecular formula is HAg2KO8S2. The topological polar surface area (TPSA) is 133 Å². The summed E-state index contributed by atoms with van der Waals surface area (Å²) in [5, 5.41) is 0. The van der Waals surface area contributed by atoms with Crippen LogP contribution in [0.5, 0.6) is 0 Å². The summed E-state index contributed by atoms with van der Waals surface area (Å²) in [4.78, 5) is 0. The van der Waals surface area contributed by atoms with Gasteiger partial charge in [0.05, 0.1) is 0 Å². The molecule has 0 heterocycles. The molecule has 0 N–H and O–H groups in total. The minimum absolute atomic E-state index is 0. The van der Waals surface area contributed by atoms with Gasteiger partial charge in [0.2, 0.25) is 20.8 Å². The Morgan fingerprint density at radius 2 is 1.00 bits per heavy atom. The van der Waals surface area contributed by atoms with E-state index in [0.29, 0.717) is 0 Å². The van der Waals surface area contributed by atoms with Crippen molar-refractivity contribution in [2.45, 2.75) is 0 Å². The van der Waals surface area contributed by atoms with Crippen LogP contribution in [0.1, 0.15) is 1.43 Å². The molecule has 0 atom stereocenters. The van der Waals surface area contributed by atoms with Crippen LogP contribution in [-0.4, -0.2) is 25.9 Å². The summed E-state index contributed by atoms with van der Waals surface area (Å²) in [5.41, 5.74) is 0. The molecule has 0 rings (SSSR count). The van der Waals surface area contributed by atoms with Crippen molar-refractivity contribution in [3.05, 3.63) is 0 Å². The summed E-state index contributed by atoms with van der Waals surface area (Å²) in [6.07, 6.45) is 0. The van der Waals surface area contributed by atoms with Gasteiger partial charge >= 0.3 is 96.1 Å². The van der Waals surface area contributed by atoms with E-state index in [4.69, 9.17) is 0 Å². The van der Waals surface area contributed by atoms with Gasteiger partial charge in [0.1, 0.15) is 0 Å². The standard InChI is InChI=1S/2Ag.K.H2O8S2.H/c;;;1-9(2,3)7-8-10(4,5)6;/h;;;(H,1,2,3)(H,4,5,6);/q3*+1;;-1/p-2. The molecule has 0 aromatic heterocycles. The van der Waals surface area contributed by atoms with Gasteiger partial charge in [-0.05, 0) is 0 Å². The fourth-order valence-electron chi connectivity index (χ4n) is 0.0680. The molecule has 0 fully saturated rings. The van der Waals surface area contributed by atoms with Gasteiger partial charge in [-0.25, -0.2) is 16.8 Å². The summed E-state index contributed by atoms with van der Waals surface area (Å²) in [6.45, 7) is 0. The second-order valence-corrected chi connectivity index (χ2v) is 2.86. The Balaban J connectivity index is -0.0000000675. The number of hydrogen-bond acceptors (Lipinski definition) is 8. The molecule has 0 amide bonds. The van der Waals surface area contributed by atoms with Crippen molar-refractivity contribution in [2.24, 2.45) is 0 Å². The molecule has 0 spiro atoms. The van der Waals surface area contributed by atoms with Crippen molar-refractivity contribution in [1.82, 2.24) is 0 Å². The molecule has 0 bridgehead atoms. The second-order valence-electron chi connectivity index (χ2n) is 0.953. The molecule has 8 nitrogen and oxygen atoms in total. The predicted octanol–water partition coefficient (Wildman–Crippen LogP) is -5.03. The quantitative estimate of drug-likeness (QED) is 0.138. The maximum Gasteiger partial charge on any atom is 1.00 e. The van der Waals surface area contributed by atoms with Gasteiger partial charge in [-0.15, -0.1) is 8.67 Å². The largest absolute Gasteiger partial charge is 1.00 e. The third kappa shape index (κ3) is 25.3. The van der Waals surface area contributed by atoms with E-state index in [0.717, 1.165) is 0 Å². The first kappa shape index (κ1) is 24.9. The zero-order valence-electron chi connectivity index (χ0n) is 6.69. The first-order chi connectivity index (χ1) is 4.21. The Morgan fingerprint density at radius 1 is 0.846 bits per heavy atom. The maximum absolute atomic E-state index is 9.37. The second kappa shape index (κ2) is 10.0. The molecule has 84 valence electrons. The van der Waals surface area contributed by atoms with Crippen LogP contribution in [0.25, 0.3) is 0 Å². The van der Waals surface area contributed by atoms with Crippen LogP contribution in [0.2, 0.25) is 0 Å². The molecule has 0 aliphatic heterocycles. The molecule has 0 saturated heterocycles. The fraction of sp³-hybridized carbons (Fsp3) is 0. The van der Waals surface area contributed by atoms with Gasteiger partial charge in [0.25, 0.3) is 0 Å². The molecule has 0 aliphatic carbocycles. The average Bonchev–Trinajstić information content (AvgIpc) is 1.57. The molecule has 0 unspecified atom stereocenters. The summed E-state index contributed by atoms with van der Waals surface area (Å²) >= 11 is 0. The molecule has 0 aromatic carbocycles. The first-order valence-electron chi connectivity index (χ1n) is 1.50. The minimum Gasteiger partial charge on any atom is -1.00 e. The van der Waals surface area contributed by atoms with Crippen molar-refractivity contribution in [3.63, 3.8) is 0 Å². The first-order valence-corrected chi connectivity index (χ1v) is 4.17. The van der Waals surface area contributed by atoms with E-state index in [2.05, 4.69) is 8.67 Å². The van der Waals surface area contributed by atoms with Crippen LogP contribution in [0.3, 0.4) is 0 Å². The van der Waals surface area contributed by atoms with Crippen molar-refractivity contribution >= 4 is 20.8 Å². The van der Waals surface area contributed by atoms with Gasteiger partial charge in [-0.2, -0.15) is 0 Å². The van der Waals surface area contributed by atoms with E-state index >= 15 is 0 Å². The van der Waals surface area contributed by atoms with Gasteiger partial charge in [0, 0.05) is 0 Å². The minimum atomic E-state index is -5.31. The van der Waals surface area contributed by atoms with Crippen molar-refractivity contribution < 1.29 is 132 Å². The van der Waals surface area contributed by atoms with Gasteiger partial charge in [-0.3, -0.25) is 0 Å². The maximum atomic E-state index is 9.37. The van der Waals surface area contributed by atoms with E-state index in [1.165, 1.54) is 0 Å². The van der Waals surface area contributed by atoms with E-state index in [-0.39, 0.29) is 97.6 Å². The van der Waals surface area contributed by atoms with E-state index in [1.807, 2.05) is 0 Å². The SMILES string of the molecule is O=S(=O)([O-])OOS(=O)(=O)[O-].[Ag+].[Ag+].[H-].[K+]. The molecule has 13 heavy (non-hydrogen) atoms. The number of hydrogen-bond donors (Lipinski definition) is 0. The Labute approximate surface area is 150 Å². The summed E-state index contributed by atoms with van der Waals surface area (Å²) in [5.74, 6) is 0. The van der Waals surface area contributed by atoms with Crippen LogP contribution < -0.4 is 51.4 Å². The molecule has 0 aliphatic rings. The van der Waals surface area contributed by atoms with Crippen molar-refractivity contribution in [1.29, 1.82) is 0 Å². The summed E-state index contributed by atoms with van der Waals surface area (Å²) in [7, 11) is -10.6. The van der Waals surface area contributed by atoms with Crippen molar-refractivity contribution in [2.75, 3.05) is 0 Å². The van der Waals surface area contributed by atoms with Gasteiger partial charge < -0.3 is 10.5 Å². The van der Waals surface area contributed by atoms with E-state index < -0.39 is 20.8 Å². The van der Waals surface area contributed by atoms with Crippen LogP contribution in [0.15, 0.2) is 0 Å². The van der Waals surface area contributed by atoms with Crippen LogP contribution in [-0.2, 0) is 74.2 Å². The average molecular weight is 448 g/mol. The number of rotatable bonds is 3. The molecule has 0 saturated carbocycles. The summed E-state index contributed by atoms with van der Waals surface area (Å²) < 4.78 is 61.5. The molecular weight excluding hydrogens is 447 g/mol. The van der Waals surface area contributed by atoms with Gasteiger partial charge in [0.15, 0.2) is 0 Å². The van der Waals surface area contributed by atoms with E-state index in [1.54, 1.807) is 0 Å². The van der Waals surface area contributed by atoms with Gasteiger partial charge in [-0.1, -0.05) is 0 Å². The molecule has 0 aromatic rings. The molecule has 0 radical (unpaired) electrons. The van der Waals surface area contributed by atoms with Crippen LogP contribution in [0, 0.1) is 0 Å². The Kier molecular flexibility index (Phi) is 19.2. The van der Waals surface area contributed by atoms with Crippen molar-refractivity contribution in [3.8, 4) is 0 Å². The zero-order valence-corrected chi connectivity index (χ0v) is 13.4. The summed E-state index contributed by atoms with van der Waals surface area (Å²) in [6, 6.07) is 0. The third-order valence-electron chi connectivity index (χ3n) is 0.194. The Bertz CT molecular complexity index is 261. The predicted molar refractivity (Wildman–Crippen MR) is 22.7 cm³/mol. The van der Waals surface area contributed by atoms with E-state index in [9.17, 15) is 25.9 Å². The smallest absolute Gasteiger partial charge is 1.00 e. The fourth-order valence-corrected chi connectivity index (χ4v) is 0.612. The monoisotopic (exact) mass is 446 g/mol.